The van der Waals surface area contributed by atoms with Crippen molar-refractivity contribution in [2.45, 2.75) is 107 Å². The number of sulfonamides is 1. The summed E-state index contributed by atoms with van der Waals surface area (Å²) in [5, 5.41) is 2.95. The van der Waals surface area contributed by atoms with E-state index in [1.807, 2.05) is 32.1 Å². The van der Waals surface area contributed by atoms with Crippen molar-refractivity contribution in [2.24, 2.45) is 11.7 Å². The molecule has 1 saturated heterocycles. The van der Waals surface area contributed by atoms with Crippen LogP contribution in [0.1, 0.15) is 71.6 Å². The van der Waals surface area contributed by atoms with Crippen molar-refractivity contribution < 1.29 is 37.0 Å². The van der Waals surface area contributed by atoms with E-state index in [0.717, 1.165) is 25.7 Å². The molecule has 2 aliphatic heterocycles. The number of ether oxygens (including phenoxy) is 3. The second-order valence-corrected chi connectivity index (χ2v) is 16.5. The number of benzene rings is 1. The number of nitrogens with two attached hydrogens (primary N) is 1. The van der Waals surface area contributed by atoms with Crippen LogP contribution < -0.4 is 30.0 Å². The molecule has 3 heterocycles. The molecular formula is C34H44BrN5O8S. The van der Waals surface area contributed by atoms with Crippen LogP contribution in [0, 0.1) is 5.92 Å². The average molecular weight is 763 g/mol. The molecule has 6 rings (SSSR count). The summed E-state index contributed by atoms with van der Waals surface area (Å²) in [6.07, 6.45) is 8.14. The number of fused-ring (bicyclic) bond motifs is 3. The van der Waals surface area contributed by atoms with E-state index in [1.165, 1.54) is 4.90 Å². The fourth-order valence-corrected chi connectivity index (χ4v) is 8.63. The predicted molar refractivity (Wildman–Crippen MR) is 186 cm³/mol. The number of allylic oxidation sites excluding steroid dienone is 1. The Morgan fingerprint density at radius 3 is 2.65 bits per heavy atom. The number of carbonyl (C=O) groups excluding carboxylic acids is 3. The van der Waals surface area contributed by atoms with Crippen molar-refractivity contribution >= 4 is 54.6 Å². The molecule has 1 aromatic carbocycles. The van der Waals surface area contributed by atoms with Gasteiger partial charge in [0.2, 0.25) is 27.7 Å². The molecule has 1 aromatic heterocycles. The van der Waals surface area contributed by atoms with Gasteiger partial charge in [-0.05, 0) is 80.4 Å². The van der Waals surface area contributed by atoms with E-state index < -0.39 is 50.8 Å². The lowest BCUT2D eigenvalue weighted by Crippen LogP contribution is -2.57. The number of rotatable bonds is 8. The third kappa shape index (κ3) is 7.53. The molecule has 2 aliphatic carbocycles. The zero-order chi connectivity index (χ0) is 35.1. The molecular weight excluding hydrogens is 718 g/mol. The Kier molecular flexibility index (Phi) is 10.2. The lowest BCUT2D eigenvalue weighted by Gasteiger charge is -2.28. The number of nitrogens with one attached hydrogen (secondary N) is 2. The monoisotopic (exact) mass is 761 g/mol. The number of halogens is 1. The Morgan fingerprint density at radius 1 is 1.16 bits per heavy atom. The Labute approximate surface area is 294 Å². The molecule has 5 unspecified atom stereocenters. The highest BCUT2D eigenvalue weighted by molar-refractivity contribution is 9.10. The van der Waals surface area contributed by atoms with Crippen molar-refractivity contribution in [3.05, 3.63) is 34.8 Å². The minimum absolute atomic E-state index is 0.0741. The van der Waals surface area contributed by atoms with Gasteiger partial charge in [0.05, 0.1) is 41.0 Å². The van der Waals surface area contributed by atoms with Crippen LogP contribution in [0.5, 0.6) is 17.4 Å². The molecule has 3 amide bonds. The van der Waals surface area contributed by atoms with Crippen LogP contribution in [-0.2, 0) is 24.4 Å². The number of amides is 3. The van der Waals surface area contributed by atoms with Crippen LogP contribution in [0.15, 0.2) is 34.8 Å². The zero-order valence-corrected chi connectivity index (χ0v) is 30.3. The second-order valence-electron chi connectivity index (χ2n) is 13.7. The SMILES string of the molecule is COc1ccc2c(OC3CC4C(=O)NC5(C(=O)NS(=O)(=O)C6CC6)CC5C=CCCCCCC(N)C(=O)N4C3)cc(OC(C)C)nc2c1Br. The first-order valence-corrected chi connectivity index (χ1v) is 19.3. The number of methoxy groups -OCH3 is 1. The molecule has 2 aromatic rings. The zero-order valence-electron chi connectivity index (χ0n) is 27.9. The Balaban J connectivity index is 1.31. The van der Waals surface area contributed by atoms with Crippen LogP contribution in [0.4, 0.5) is 0 Å². The van der Waals surface area contributed by atoms with Crippen LogP contribution >= 0.6 is 15.9 Å². The summed E-state index contributed by atoms with van der Waals surface area (Å²) in [6, 6.07) is 3.47. The molecule has 2 saturated carbocycles. The van der Waals surface area contributed by atoms with E-state index >= 15 is 0 Å². The van der Waals surface area contributed by atoms with Gasteiger partial charge in [0.1, 0.15) is 29.2 Å². The van der Waals surface area contributed by atoms with Gasteiger partial charge in [-0.2, -0.15) is 0 Å². The highest BCUT2D eigenvalue weighted by Crippen LogP contribution is 2.46. The maximum absolute atomic E-state index is 14.1. The molecule has 13 nitrogen and oxygen atoms in total. The smallest absolute Gasteiger partial charge is 0.259 e. The van der Waals surface area contributed by atoms with Crippen LogP contribution in [0.2, 0.25) is 0 Å². The summed E-state index contributed by atoms with van der Waals surface area (Å²) in [5.41, 5.74) is 5.52. The van der Waals surface area contributed by atoms with E-state index in [1.54, 1.807) is 19.2 Å². The number of hydrogen-bond acceptors (Lipinski definition) is 10. The highest BCUT2D eigenvalue weighted by atomic mass is 79.9. The summed E-state index contributed by atoms with van der Waals surface area (Å²) in [6.45, 7) is 3.85. The summed E-state index contributed by atoms with van der Waals surface area (Å²) < 4.78 is 46.3. The molecule has 15 heteroatoms. The molecule has 0 bridgehead atoms. The van der Waals surface area contributed by atoms with E-state index in [0.29, 0.717) is 52.0 Å². The van der Waals surface area contributed by atoms with Gasteiger partial charge in [-0.1, -0.05) is 25.0 Å². The topological polar surface area (TPSA) is 179 Å². The van der Waals surface area contributed by atoms with E-state index in [9.17, 15) is 22.8 Å². The lowest BCUT2D eigenvalue weighted by atomic mass is 10.1. The lowest BCUT2D eigenvalue weighted by molar-refractivity contribution is -0.140. The Bertz CT molecular complexity index is 1770. The van der Waals surface area contributed by atoms with Gasteiger partial charge in [0.25, 0.3) is 5.91 Å². The summed E-state index contributed by atoms with van der Waals surface area (Å²) >= 11 is 3.58. The van der Waals surface area contributed by atoms with Gasteiger partial charge >= 0.3 is 0 Å². The van der Waals surface area contributed by atoms with Crippen molar-refractivity contribution in [1.29, 1.82) is 0 Å². The van der Waals surface area contributed by atoms with Crippen LogP contribution in [0.3, 0.4) is 0 Å². The van der Waals surface area contributed by atoms with E-state index in [-0.39, 0.29) is 37.3 Å². The fraction of sp³-hybridized carbons (Fsp3) is 0.588. The number of carbonyl (C=O) groups is 3. The first kappa shape index (κ1) is 35.4. The summed E-state index contributed by atoms with van der Waals surface area (Å²) in [4.78, 5) is 47.7. The molecule has 49 heavy (non-hydrogen) atoms. The van der Waals surface area contributed by atoms with Gasteiger partial charge in [-0.3, -0.25) is 19.1 Å². The standard InChI is InChI=1S/C34H44BrN5O8S/c1-19(2)47-28-16-27(23-13-14-26(46-3)29(35)30(23)37-28)48-21-15-25-31(41)38-34(33(43)39-49(44,45)22-11-12-22)17-20(34)9-7-5-4-6-8-10-24(36)32(42)40(25)18-21/h7,9,13-14,16,19-22,24-25H,4-6,8,10-12,15,17-18,36H2,1-3H3,(H,38,41)(H,39,43). The number of hydrogen-bond donors (Lipinski definition) is 3. The van der Waals surface area contributed by atoms with Gasteiger partial charge < -0.3 is 30.2 Å². The predicted octanol–water partition coefficient (Wildman–Crippen LogP) is 3.47. The van der Waals surface area contributed by atoms with Crippen molar-refractivity contribution in [2.75, 3.05) is 13.7 Å². The first-order chi connectivity index (χ1) is 23.3. The molecule has 4 N–H and O–H groups in total. The maximum atomic E-state index is 14.1. The fourth-order valence-electron chi connectivity index (χ4n) is 6.67. The summed E-state index contributed by atoms with van der Waals surface area (Å²) in [7, 11) is -2.29. The van der Waals surface area contributed by atoms with Gasteiger partial charge in [0, 0.05) is 23.8 Å². The first-order valence-electron chi connectivity index (χ1n) is 16.9. The molecule has 4 aliphatic rings. The molecule has 3 fully saturated rings. The normalized spacial score (nSPS) is 27.8. The molecule has 5 atom stereocenters. The number of pyridine rings is 1. The molecule has 0 radical (unpaired) electrons. The highest BCUT2D eigenvalue weighted by Gasteiger charge is 2.62. The Morgan fingerprint density at radius 2 is 1.94 bits per heavy atom. The van der Waals surface area contributed by atoms with Gasteiger partial charge in [0.15, 0.2) is 0 Å². The minimum atomic E-state index is -3.85. The van der Waals surface area contributed by atoms with E-state index in [4.69, 9.17) is 19.9 Å². The minimum Gasteiger partial charge on any atom is -0.495 e. The quantitative estimate of drug-likeness (QED) is 0.338. The second kappa shape index (κ2) is 14.1. The maximum Gasteiger partial charge on any atom is 0.259 e. The van der Waals surface area contributed by atoms with Crippen molar-refractivity contribution in [3.63, 3.8) is 0 Å². The third-order valence-corrected chi connectivity index (χ3v) is 12.2. The van der Waals surface area contributed by atoms with Gasteiger partial charge in [-0.15, -0.1) is 0 Å². The number of aromatic nitrogens is 1. The number of nitrogens with zero attached hydrogens (tertiary/aromatic N) is 2. The van der Waals surface area contributed by atoms with Crippen LogP contribution in [0.25, 0.3) is 10.9 Å². The van der Waals surface area contributed by atoms with Gasteiger partial charge in [-0.25, -0.2) is 13.4 Å². The van der Waals surface area contributed by atoms with E-state index in [2.05, 4.69) is 31.0 Å². The van der Waals surface area contributed by atoms with Crippen LogP contribution in [-0.4, -0.2) is 84.8 Å². The Hall–Kier alpha value is -3.43. The molecule has 0 spiro atoms. The largest absolute Gasteiger partial charge is 0.495 e. The summed E-state index contributed by atoms with van der Waals surface area (Å²) in [5.74, 6) is -0.723. The van der Waals surface area contributed by atoms with Crippen molar-refractivity contribution in [1.82, 2.24) is 19.9 Å². The average Bonchev–Trinajstić information content (AvgIpc) is 3.97. The molecule has 266 valence electrons. The van der Waals surface area contributed by atoms with Crippen molar-refractivity contribution in [3.8, 4) is 17.4 Å². The third-order valence-electron chi connectivity index (χ3n) is 9.58.